The van der Waals surface area contributed by atoms with Gasteiger partial charge in [0.25, 0.3) is 0 Å². The van der Waals surface area contributed by atoms with Gasteiger partial charge in [-0.1, -0.05) is 36.4 Å². The van der Waals surface area contributed by atoms with Gasteiger partial charge in [0.1, 0.15) is 0 Å². The fourth-order valence-corrected chi connectivity index (χ4v) is 1.86. The molecule has 16 heavy (non-hydrogen) atoms. The molecule has 0 saturated carbocycles. The van der Waals surface area contributed by atoms with Gasteiger partial charge < -0.3 is 4.74 Å². The number of ether oxygens (including phenoxy) is 1. The summed E-state index contributed by atoms with van der Waals surface area (Å²) in [6.07, 6.45) is 5.35. The Bertz CT molecular complexity index is 457. The summed E-state index contributed by atoms with van der Waals surface area (Å²) in [6, 6.07) is 10.1. The third-order valence-corrected chi connectivity index (χ3v) is 2.87. The second-order valence-electron chi connectivity index (χ2n) is 4.06. The average Bonchev–Trinajstić information content (AvgIpc) is 2.34. The van der Waals surface area contributed by atoms with Gasteiger partial charge >= 0.3 is 0 Å². The van der Waals surface area contributed by atoms with Crippen LogP contribution in [0, 0.1) is 0 Å². The van der Waals surface area contributed by atoms with E-state index >= 15 is 0 Å². The fraction of sp³-hybridized carbons (Fsp3) is 0.214. The van der Waals surface area contributed by atoms with E-state index in [0.717, 1.165) is 5.56 Å². The van der Waals surface area contributed by atoms with Crippen molar-refractivity contribution in [3.8, 4) is 0 Å². The van der Waals surface area contributed by atoms with Crippen LogP contribution in [0.2, 0.25) is 0 Å². The fourth-order valence-electron chi connectivity index (χ4n) is 1.86. The Morgan fingerprint density at radius 2 is 1.88 bits per heavy atom. The Hall–Kier alpha value is -1.83. The predicted molar refractivity (Wildman–Crippen MR) is 63.0 cm³/mol. The second kappa shape index (κ2) is 3.97. The van der Waals surface area contributed by atoms with Gasteiger partial charge in [-0.25, -0.2) is 0 Å². The van der Waals surface area contributed by atoms with Crippen LogP contribution in [0.25, 0.3) is 0 Å². The number of hydrogen-bond acceptors (Lipinski definition) is 2. The summed E-state index contributed by atoms with van der Waals surface area (Å²) in [6.45, 7) is 2.06. The van der Waals surface area contributed by atoms with Crippen molar-refractivity contribution in [2.24, 2.45) is 0 Å². The van der Waals surface area contributed by atoms with Gasteiger partial charge in [-0.05, 0) is 24.6 Å². The highest BCUT2D eigenvalue weighted by Gasteiger charge is 2.27. The number of carbonyl (C=O) groups excluding carboxylic acids is 1. The zero-order chi connectivity index (χ0) is 11.6. The third-order valence-electron chi connectivity index (χ3n) is 2.87. The molecule has 0 aliphatic heterocycles. The maximum atomic E-state index is 11.5. The number of carbonyl (C=O) groups is 1. The van der Waals surface area contributed by atoms with Crippen molar-refractivity contribution in [1.82, 2.24) is 0 Å². The Kier molecular flexibility index (Phi) is 2.65. The molecule has 1 atom stereocenters. The summed E-state index contributed by atoms with van der Waals surface area (Å²) < 4.78 is 5.08. The molecule has 0 N–H and O–H groups in total. The van der Waals surface area contributed by atoms with Gasteiger partial charge in [-0.2, -0.15) is 0 Å². The van der Waals surface area contributed by atoms with Crippen LogP contribution in [-0.2, 0) is 14.9 Å². The summed E-state index contributed by atoms with van der Waals surface area (Å²) in [5, 5.41) is 0. The minimum atomic E-state index is -0.263. The van der Waals surface area contributed by atoms with E-state index in [0.29, 0.717) is 5.76 Å². The van der Waals surface area contributed by atoms with E-state index < -0.39 is 0 Å². The van der Waals surface area contributed by atoms with Crippen molar-refractivity contribution in [3.05, 3.63) is 59.9 Å². The van der Waals surface area contributed by atoms with Gasteiger partial charge in [0, 0.05) is 5.41 Å². The first kappa shape index (κ1) is 10.7. The molecular weight excluding hydrogens is 200 g/mol. The largest absolute Gasteiger partial charge is 0.493 e. The summed E-state index contributed by atoms with van der Waals surface area (Å²) in [5.41, 5.74) is 0.883. The normalized spacial score (nSPS) is 24.1. The standard InChI is InChI=1S/C14H14O2/c1-14(11-6-4-3-5-7-11)9-8-12(15)13(10-14)16-2/h3-10H,1-2H3. The topological polar surface area (TPSA) is 26.3 Å². The summed E-state index contributed by atoms with van der Waals surface area (Å²) in [5.74, 6) is 0.338. The molecular formula is C14H14O2. The van der Waals surface area contributed by atoms with E-state index in [4.69, 9.17) is 4.74 Å². The molecule has 2 rings (SSSR count). The van der Waals surface area contributed by atoms with E-state index in [-0.39, 0.29) is 11.2 Å². The summed E-state index contributed by atoms with van der Waals surface area (Å²) in [4.78, 5) is 11.5. The maximum Gasteiger partial charge on any atom is 0.219 e. The zero-order valence-electron chi connectivity index (χ0n) is 9.44. The predicted octanol–water partition coefficient (Wildman–Crippen LogP) is 2.61. The number of hydrogen-bond donors (Lipinski definition) is 0. The lowest BCUT2D eigenvalue weighted by Crippen LogP contribution is -2.22. The smallest absolute Gasteiger partial charge is 0.219 e. The van der Waals surface area contributed by atoms with E-state index in [1.54, 1.807) is 6.08 Å². The zero-order valence-corrected chi connectivity index (χ0v) is 9.44. The molecule has 0 bridgehead atoms. The van der Waals surface area contributed by atoms with Gasteiger partial charge in [0.15, 0.2) is 5.76 Å². The van der Waals surface area contributed by atoms with Crippen LogP contribution < -0.4 is 0 Å². The molecule has 1 aromatic rings. The Balaban J connectivity index is 2.44. The Morgan fingerprint density at radius 1 is 1.19 bits per heavy atom. The molecule has 0 fully saturated rings. The Labute approximate surface area is 95.2 Å². The number of methoxy groups -OCH3 is 1. The molecule has 2 nitrogen and oxygen atoms in total. The van der Waals surface area contributed by atoms with E-state index in [2.05, 4.69) is 6.92 Å². The number of allylic oxidation sites excluding steroid dienone is 3. The third kappa shape index (κ3) is 1.78. The number of ketones is 1. The van der Waals surface area contributed by atoms with Crippen LogP contribution in [0.1, 0.15) is 12.5 Å². The van der Waals surface area contributed by atoms with Crippen molar-refractivity contribution in [1.29, 1.82) is 0 Å². The van der Waals surface area contributed by atoms with Gasteiger partial charge in [-0.15, -0.1) is 0 Å². The molecule has 0 saturated heterocycles. The molecule has 0 spiro atoms. The second-order valence-corrected chi connectivity index (χ2v) is 4.06. The van der Waals surface area contributed by atoms with Crippen molar-refractivity contribution in [2.45, 2.75) is 12.3 Å². The van der Waals surface area contributed by atoms with E-state index in [1.807, 2.05) is 42.5 Å². The minimum Gasteiger partial charge on any atom is -0.493 e. The first-order valence-corrected chi connectivity index (χ1v) is 5.22. The molecule has 82 valence electrons. The van der Waals surface area contributed by atoms with Crippen LogP contribution in [0.5, 0.6) is 0 Å². The average molecular weight is 214 g/mol. The number of rotatable bonds is 2. The summed E-state index contributed by atoms with van der Waals surface area (Å²) >= 11 is 0. The first-order valence-electron chi connectivity index (χ1n) is 5.22. The lowest BCUT2D eigenvalue weighted by atomic mass is 9.79. The van der Waals surface area contributed by atoms with Crippen LogP contribution in [0.3, 0.4) is 0 Å². The van der Waals surface area contributed by atoms with Crippen molar-refractivity contribution in [2.75, 3.05) is 7.11 Å². The van der Waals surface area contributed by atoms with Crippen molar-refractivity contribution < 1.29 is 9.53 Å². The monoisotopic (exact) mass is 214 g/mol. The highest BCUT2D eigenvalue weighted by Crippen LogP contribution is 2.31. The van der Waals surface area contributed by atoms with Crippen molar-refractivity contribution in [3.63, 3.8) is 0 Å². The van der Waals surface area contributed by atoms with E-state index in [9.17, 15) is 4.79 Å². The first-order chi connectivity index (χ1) is 7.65. The molecule has 1 aromatic carbocycles. The van der Waals surface area contributed by atoms with Gasteiger partial charge in [-0.3, -0.25) is 4.79 Å². The molecule has 1 aliphatic rings. The maximum absolute atomic E-state index is 11.5. The van der Waals surface area contributed by atoms with Gasteiger partial charge in [0.05, 0.1) is 7.11 Å². The SMILES string of the molecule is COC1=CC(C)(c2ccccc2)C=CC1=O. The van der Waals surface area contributed by atoms with Crippen LogP contribution >= 0.6 is 0 Å². The molecule has 1 unspecified atom stereocenters. The summed E-state index contributed by atoms with van der Waals surface area (Å²) in [7, 11) is 1.52. The van der Waals surface area contributed by atoms with Crippen LogP contribution in [-0.4, -0.2) is 12.9 Å². The molecule has 0 heterocycles. The van der Waals surface area contributed by atoms with Crippen molar-refractivity contribution >= 4 is 5.78 Å². The molecule has 0 radical (unpaired) electrons. The molecule has 0 amide bonds. The lowest BCUT2D eigenvalue weighted by molar-refractivity contribution is -0.114. The van der Waals surface area contributed by atoms with Crippen LogP contribution in [0.4, 0.5) is 0 Å². The van der Waals surface area contributed by atoms with E-state index in [1.165, 1.54) is 7.11 Å². The minimum absolute atomic E-state index is 0.0732. The number of benzene rings is 1. The van der Waals surface area contributed by atoms with Gasteiger partial charge in [0.2, 0.25) is 5.78 Å². The quantitative estimate of drug-likeness (QED) is 0.756. The van der Waals surface area contributed by atoms with Crippen LogP contribution in [0.15, 0.2) is 54.3 Å². The Morgan fingerprint density at radius 3 is 2.50 bits per heavy atom. The lowest BCUT2D eigenvalue weighted by Gasteiger charge is -2.26. The highest BCUT2D eigenvalue weighted by molar-refractivity contribution is 6.03. The highest BCUT2D eigenvalue weighted by atomic mass is 16.5. The molecule has 2 heteroatoms. The molecule has 0 aromatic heterocycles. The molecule has 1 aliphatic carbocycles.